The third-order valence-corrected chi connectivity index (χ3v) is 10.7. The first-order valence-corrected chi connectivity index (χ1v) is 13.0. The topological polar surface area (TPSA) is 156 Å². The second-order valence-electron chi connectivity index (χ2n) is 12.9. The van der Waals surface area contributed by atoms with Crippen molar-refractivity contribution in [3.05, 3.63) is 11.6 Å². The molecular weight excluding hydrogens is 452 g/mol. The molecule has 0 aromatic heterocycles. The van der Waals surface area contributed by atoms with Gasteiger partial charge in [0.15, 0.2) is 12.1 Å². The first-order valence-electron chi connectivity index (χ1n) is 13.0. The van der Waals surface area contributed by atoms with Crippen molar-refractivity contribution in [2.24, 2.45) is 28.6 Å². The summed E-state index contributed by atoms with van der Waals surface area (Å²) in [5.74, 6) is -1.14. The Hall–Kier alpha value is -1.16. The number of rotatable bonds is 6. The Kier molecular flexibility index (Phi) is 6.48. The standard InChI is InChI=1S/C27H42O8/c1-23(33,14-28)8-7-22(32)26(4,34)21-6-10-27(35)16-11-18(29)17-12-19(30)20(31)13-24(17,2)15(16)5-9-25(21,27)3/h11,14-15,17,19-22,30-35H,5-10,12-13H2,1-4H3/t15-,17-,19+,20-,21-,22+,23?,24+,25+,26?,27+/m0/s1. The van der Waals surface area contributed by atoms with Crippen LogP contribution in [-0.4, -0.2) is 77.8 Å². The Labute approximate surface area is 207 Å². The lowest BCUT2D eigenvalue weighted by atomic mass is 9.45. The van der Waals surface area contributed by atoms with E-state index in [1.54, 1.807) is 13.0 Å². The van der Waals surface area contributed by atoms with E-state index >= 15 is 0 Å². The van der Waals surface area contributed by atoms with Gasteiger partial charge in [-0.1, -0.05) is 13.8 Å². The largest absolute Gasteiger partial charge is 0.390 e. The summed E-state index contributed by atoms with van der Waals surface area (Å²) in [6, 6.07) is 0. The minimum absolute atomic E-state index is 0.00281. The van der Waals surface area contributed by atoms with E-state index in [9.17, 15) is 40.2 Å². The lowest BCUT2D eigenvalue weighted by Crippen LogP contribution is -2.62. The van der Waals surface area contributed by atoms with Crippen molar-refractivity contribution in [1.29, 1.82) is 0 Å². The summed E-state index contributed by atoms with van der Waals surface area (Å²) in [4.78, 5) is 24.3. The Balaban J connectivity index is 1.65. The average molecular weight is 495 g/mol. The predicted octanol–water partition coefficient (Wildman–Crippen LogP) is 1.03. The molecule has 11 atom stereocenters. The lowest BCUT2D eigenvalue weighted by Gasteiger charge is -2.60. The number of allylic oxidation sites excluding steroid dienone is 1. The fraction of sp³-hybridized carbons (Fsp3) is 0.852. The number of aliphatic hydroxyl groups is 6. The molecule has 4 aliphatic carbocycles. The van der Waals surface area contributed by atoms with E-state index in [1.165, 1.54) is 6.92 Å². The lowest BCUT2D eigenvalue weighted by molar-refractivity contribution is -0.177. The van der Waals surface area contributed by atoms with E-state index in [2.05, 4.69) is 0 Å². The highest BCUT2D eigenvalue weighted by atomic mass is 16.3. The van der Waals surface area contributed by atoms with Crippen LogP contribution in [0.5, 0.6) is 0 Å². The second kappa shape index (κ2) is 8.43. The number of hydrogen-bond acceptors (Lipinski definition) is 8. The molecule has 0 amide bonds. The minimum Gasteiger partial charge on any atom is -0.390 e. The number of aldehydes is 1. The minimum atomic E-state index is -1.59. The molecule has 0 radical (unpaired) electrons. The molecule has 35 heavy (non-hydrogen) atoms. The SMILES string of the molecule is CC(O)(C=O)CC[C@@H](O)C(C)(O)[C@H]1CC[C@@]2(O)C3=CC(=O)[C@@H]4C[C@@H](O)[C@@H](O)C[C@]4(C)[C@H]3CC[C@]12C. The van der Waals surface area contributed by atoms with Crippen LogP contribution < -0.4 is 0 Å². The van der Waals surface area contributed by atoms with Gasteiger partial charge in [0.25, 0.3) is 0 Å². The number of fused-ring (bicyclic) bond motifs is 5. The highest BCUT2D eigenvalue weighted by Gasteiger charge is 2.69. The van der Waals surface area contributed by atoms with Gasteiger partial charge in [0.2, 0.25) is 0 Å². The molecule has 0 saturated heterocycles. The molecule has 0 bridgehead atoms. The van der Waals surface area contributed by atoms with Gasteiger partial charge in [0.1, 0.15) is 5.60 Å². The Bertz CT molecular complexity index is 911. The summed E-state index contributed by atoms with van der Waals surface area (Å²) in [7, 11) is 0. The first-order chi connectivity index (χ1) is 16.0. The Morgan fingerprint density at radius 1 is 1.11 bits per heavy atom. The monoisotopic (exact) mass is 494 g/mol. The Morgan fingerprint density at radius 3 is 2.40 bits per heavy atom. The number of carbonyl (C=O) groups is 2. The molecular formula is C27H42O8. The molecule has 8 heteroatoms. The van der Waals surface area contributed by atoms with Crippen LogP contribution in [0.2, 0.25) is 0 Å². The molecule has 2 unspecified atom stereocenters. The van der Waals surface area contributed by atoms with Crippen LogP contribution in [0.15, 0.2) is 11.6 Å². The molecule has 4 rings (SSSR count). The first kappa shape index (κ1) is 26.9. The molecule has 0 heterocycles. The summed E-state index contributed by atoms with van der Waals surface area (Å²) >= 11 is 0. The fourth-order valence-corrected chi connectivity index (χ4v) is 8.32. The summed E-state index contributed by atoms with van der Waals surface area (Å²) in [6.45, 7) is 6.82. The average Bonchev–Trinajstić information content (AvgIpc) is 3.06. The van der Waals surface area contributed by atoms with Crippen molar-refractivity contribution in [2.45, 2.75) is 114 Å². The van der Waals surface area contributed by atoms with Crippen LogP contribution >= 0.6 is 0 Å². The molecule has 4 aliphatic rings. The number of carbonyl (C=O) groups excluding carboxylic acids is 2. The molecule has 3 fully saturated rings. The zero-order chi connectivity index (χ0) is 26.2. The van der Waals surface area contributed by atoms with Crippen molar-refractivity contribution >= 4 is 12.1 Å². The predicted molar refractivity (Wildman–Crippen MR) is 127 cm³/mol. The summed E-state index contributed by atoms with van der Waals surface area (Å²) in [5.41, 5.74) is -5.23. The van der Waals surface area contributed by atoms with Crippen molar-refractivity contribution in [3.63, 3.8) is 0 Å². The normalized spacial score (nSPS) is 47.4. The maximum Gasteiger partial charge on any atom is 0.159 e. The Morgan fingerprint density at radius 2 is 1.77 bits per heavy atom. The number of aliphatic hydroxyl groups excluding tert-OH is 3. The van der Waals surface area contributed by atoms with Crippen molar-refractivity contribution in [3.8, 4) is 0 Å². The highest BCUT2D eigenvalue weighted by molar-refractivity contribution is 5.95. The summed E-state index contributed by atoms with van der Waals surface area (Å²) < 4.78 is 0. The molecule has 198 valence electrons. The fourth-order valence-electron chi connectivity index (χ4n) is 8.32. The van der Waals surface area contributed by atoms with E-state index < -0.39 is 57.8 Å². The molecule has 6 N–H and O–H groups in total. The molecule has 0 aromatic rings. The molecule has 8 nitrogen and oxygen atoms in total. The van der Waals surface area contributed by atoms with Gasteiger partial charge in [0.05, 0.1) is 29.5 Å². The van der Waals surface area contributed by atoms with E-state index in [0.29, 0.717) is 37.5 Å². The van der Waals surface area contributed by atoms with Gasteiger partial charge in [0, 0.05) is 11.3 Å². The van der Waals surface area contributed by atoms with Gasteiger partial charge >= 0.3 is 0 Å². The molecule has 0 aromatic carbocycles. The second-order valence-corrected chi connectivity index (χ2v) is 12.9. The maximum absolute atomic E-state index is 13.2. The third-order valence-electron chi connectivity index (χ3n) is 10.7. The summed E-state index contributed by atoms with van der Waals surface area (Å²) in [6.07, 6.45) is 1.46. The van der Waals surface area contributed by atoms with Crippen molar-refractivity contribution in [1.82, 2.24) is 0 Å². The van der Waals surface area contributed by atoms with E-state index in [0.717, 1.165) is 0 Å². The van der Waals surface area contributed by atoms with Crippen LogP contribution in [-0.2, 0) is 9.59 Å². The van der Waals surface area contributed by atoms with Gasteiger partial charge in [-0.3, -0.25) is 4.79 Å². The van der Waals surface area contributed by atoms with Gasteiger partial charge in [-0.2, -0.15) is 0 Å². The zero-order valence-corrected chi connectivity index (χ0v) is 21.3. The molecule has 0 aliphatic heterocycles. The van der Waals surface area contributed by atoms with Gasteiger partial charge in [-0.25, -0.2) is 0 Å². The molecule has 3 saturated carbocycles. The zero-order valence-electron chi connectivity index (χ0n) is 21.3. The highest BCUT2D eigenvalue weighted by Crippen LogP contribution is 2.68. The van der Waals surface area contributed by atoms with Gasteiger partial charge in [-0.15, -0.1) is 0 Å². The number of hydrogen-bond donors (Lipinski definition) is 6. The van der Waals surface area contributed by atoms with E-state index in [1.807, 2.05) is 13.8 Å². The quantitative estimate of drug-likeness (QED) is 0.299. The molecule has 0 spiro atoms. The number of ketones is 1. The third kappa shape index (κ3) is 3.87. The van der Waals surface area contributed by atoms with Crippen LogP contribution in [0, 0.1) is 28.6 Å². The van der Waals surface area contributed by atoms with Gasteiger partial charge < -0.3 is 35.4 Å². The van der Waals surface area contributed by atoms with E-state index in [-0.39, 0.29) is 37.4 Å². The van der Waals surface area contributed by atoms with Crippen molar-refractivity contribution in [2.75, 3.05) is 0 Å². The van der Waals surface area contributed by atoms with Crippen LogP contribution in [0.4, 0.5) is 0 Å². The van der Waals surface area contributed by atoms with Crippen molar-refractivity contribution < 1.29 is 40.2 Å². The van der Waals surface area contributed by atoms with E-state index in [4.69, 9.17) is 0 Å². The summed E-state index contributed by atoms with van der Waals surface area (Å²) in [5, 5.41) is 65.4. The van der Waals surface area contributed by atoms with Crippen LogP contribution in [0.1, 0.15) is 79.1 Å². The maximum atomic E-state index is 13.2. The van der Waals surface area contributed by atoms with Gasteiger partial charge in [-0.05, 0) is 94.1 Å². The van der Waals surface area contributed by atoms with Crippen LogP contribution in [0.25, 0.3) is 0 Å². The van der Waals surface area contributed by atoms with Crippen LogP contribution in [0.3, 0.4) is 0 Å². The smallest absolute Gasteiger partial charge is 0.159 e.